The molecule has 2 heterocycles. The molecule has 1 atom stereocenters. The van der Waals surface area contributed by atoms with Crippen molar-refractivity contribution in [2.75, 3.05) is 45.0 Å². The standard InChI is InChI=1S/C17H27N3O5S2/c1-2-27(24,25)20-9-7-19(8-10-20)6-5-18-16(21)12-14(13-17(22)23)15-4-3-11-26-15/h3-4,11,14H,2,5-10,12-13H2,1H3,(H,18,21)(H,22,23). The van der Waals surface area contributed by atoms with E-state index >= 15 is 0 Å². The maximum absolute atomic E-state index is 12.2. The van der Waals surface area contributed by atoms with Gasteiger partial charge in [-0.1, -0.05) is 6.07 Å². The number of nitrogens with zero attached hydrogens (tertiary/aromatic N) is 2. The molecule has 1 saturated heterocycles. The van der Waals surface area contributed by atoms with Gasteiger partial charge in [-0.15, -0.1) is 11.3 Å². The van der Waals surface area contributed by atoms with Gasteiger partial charge in [0, 0.05) is 56.5 Å². The number of thiophene rings is 1. The lowest BCUT2D eigenvalue weighted by atomic mass is 9.99. The molecule has 0 aliphatic carbocycles. The minimum atomic E-state index is -3.13. The molecule has 8 nitrogen and oxygen atoms in total. The summed E-state index contributed by atoms with van der Waals surface area (Å²) in [5, 5.41) is 13.8. The number of carboxylic acids is 1. The highest BCUT2D eigenvalue weighted by Crippen LogP contribution is 2.27. The number of hydrogen-bond donors (Lipinski definition) is 2. The maximum Gasteiger partial charge on any atom is 0.304 e. The van der Waals surface area contributed by atoms with Gasteiger partial charge < -0.3 is 10.4 Å². The van der Waals surface area contributed by atoms with Gasteiger partial charge in [0.2, 0.25) is 15.9 Å². The average molecular weight is 418 g/mol. The van der Waals surface area contributed by atoms with E-state index in [1.54, 1.807) is 6.92 Å². The summed E-state index contributed by atoms with van der Waals surface area (Å²) in [5.74, 6) is -1.28. The van der Waals surface area contributed by atoms with Crippen molar-refractivity contribution in [1.82, 2.24) is 14.5 Å². The van der Waals surface area contributed by atoms with Gasteiger partial charge in [0.15, 0.2) is 0 Å². The largest absolute Gasteiger partial charge is 0.481 e. The van der Waals surface area contributed by atoms with Crippen LogP contribution in [0.5, 0.6) is 0 Å². The molecule has 1 unspecified atom stereocenters. The van der Waals surface area contributed by atoms with Crippen LogP contribution in [0.1, 0.15) is 30.6 Å². The lowest BCUT2D eigenvalue weighted by molar-refractivity contribution is -0.137. The van der Waals surface area contributed by atoms with Gasteiger partial charge >= 0.3 is 5.97 Å². The van der Waals surface area contributed by atoms with E-state index in [0.717, 1.165) is 4.88 Å². The lowest BCUT2D eigenvalue weighted by Crippen LogP contribution is -2.50. The number of amides is 1. The van der Waals surface area contributed by atoms with E-state index in [1.807, 2.05) is 17.5 Å². The first-order chi connectivity index (χ1) is 12.8. The van der Waals surface area contributed by atoms with E-state index in [1.165, 1.54) is 15.6 Å². The predicted molar refractivity (Wildman–Crippen MR) is 104 cm³/mol. The normalized spacial score (nSPS) is 17.5. The fourth-order valence-electron chi connectivity index (χ4n) is 3.07. The summed E-state index contributed by atoms with van der Waals surface area (Å²) in [6, 6.07) is 3.71. The second-order valence-corrected chi connectivity index (χ2v) is 9.74. The molecule has 0 bridgehead atoms. The smallest absolute Gasteiger partial charge is 0.304 e. The van der Waals surface area contributed by atoms with Crippen LogP contribution in [0.3, 0.4) is 0 Å². The molecule has 1 aromatic rings. The van der Waals surface area contributed by atoms with Crippen molar-refractivity contribution in [3.8, 4) is 0 Å². The third-order valence-electron chi connectivity index (χ3n) is 4.64. The van der Waals surface area contributed by atoms with Crippen molar-refractivity contribution in [2.24, 2.45) is 0 Å². The van der Waals surface area contributed by atoms with E-state index in [2.05, 4.69) is 10.2 Å². The quantitative estimate of drug-likeness (QED) is 0.583. The Morgan fingerprint density at radius 1 is 1.26 bits per heavy atom. The zero-order chi connectivity index (χ0) is 19.9. The monoisotopic (exact) mass is 417 g/mol. The van der Waals surface area contributed by atoms with Crippen LogP contribution in [0, 0.1) is 0 Å². The highest BCUT2D eigenvalue weighted by molar-refractivity contribution is 7.89. The number of hydrogen-bond acceptors (Lipinski definition) is 6. The molecule has 1 aliphatic rings. The zero-order valence-electron chi connectivity index (χ0n) is 15.5. The second-order valence-electron chi connectivity index (χ2n) is 6.51. The predicted octanol–water partition coefficient (Wildman–Crippen LogP) is 0.780. The first-order valence-corrected chi connectivity index (χ1v) is 11.5. The van der Waals surface area contributed by atoms with Crippen molar-refractivity contribution in [3.63, 3.8) is 0 Å². The van der Waals surface area contributed by atoms with Crippen LogP contribution < -0.4 is 5.32 Å². The molecule has 2 rings (SSSR count). The maximum atomic E-state index is 12.2. The number of piperazine rings is 1. The van der Waals surface area contributed by atoms with Crippen LogP contribution >= 0.6 is 11.3 Å². The molecule has 152 valence electrons. The van der Waals surface area contributed by atoms with Crippen LogP contribution in [0.15, 0.2) is 17.5 Å². The number of aliphatic carboxylic acids is 1. The first kappa shape index (κ1) is 21.8. The SMILES string of the molecule is CCS(=O)(=O)N1CCN(CCNC(=O)CC(CC(=O)O)c2cccs2)CC1. The van der Waals surface area contributed by atoms with Gasteiger partial charge in [-0.3, -0.25) is 14.5 Å². The number of carbonyl (C=O) groups excluding carboxylic acids is 1. The van der Waals surface area contributed by atoms with Gasteiger partial charge in [-0.05, 0) is 18.4 Å². The van der Waals surface area contributed by atoms with Crippen molar-refractivity contribution >= 4 is 33.2 Å². The third-order valence-corrected chi connectivity index (χ3v) is 7.55. The molecule has 1 aliphatic heterocycles. The molecule has 10 heteroatoms. The van der Waals surface area contributed by atoms with Crippen molar-refractivity contribution in [2.45, 2.75) is 25.7 Å². The Hall–Kier alpha value is -1.49. The molecule has 27 heavy (non-hydrogen) atoms. The van der Waals surface area contributed by atoms with Crippen LogP contribution in [-0.2, 0) is 19.6 Å². The summed E-state index contributed by atoms with van der Waals surface area (Å²) in [4.78, 5) is 26.3. The zero-order valence-corrected chi connectivity index (χ0v) is 17.1. The lowest BCUT2D eigenvalue weighted by Gasteiger charge is -2.33. The number of sulfonamides is 1. The second kappa shape index (κ2) is 10.2. The van der Waals surface area contributed by atoms with E-state index in [4.69, 9.17) is 5.11 Å². The molecule has 0 saturated carbocycles. The molecule has 0 aromatic carbocycles. The summed E-state index contributed by atoms with van der Waals surface area (Å²) in [6.07, 6.45) is 0.0805. The molecule has 1 aromatic heterocycles. The summed E-state index contributed by atoms with van der Waals surface area (Å²) in [5.41, 5.74) is 0. The van der Waals surface area contributed by atoms with Crippen LogP contribution in [0.4, 0.5) is 0 Å². The molecular weight excluding hydrogens is 390 g/mol. The summed E-state index contributed by atoms with van der Waals surface area (Å²) in [7, 11) is -3.13. The Balaban J connectivity index is 1.72. The van der Waals surface area contributed by atoms with Crippen LogP contribution in [-0.4, -0.2) is 79.6 Å². The Morgan fingerprint density at radius 2 is 1.96 bits per heavy atom. The van der Waals surface area contributed by atoms with E-state index < -0.39 is 16.0 Å². The van der Waals surface area contributed by atoms with Crippen LogP contribution in [0.2, 0.25) is 0 Å². The highest BCUT2D eigenvalue weighted by atomic mass is 32.2. The van der Waals surface area contributed by atoms with Gasteiger partial charge in [0.25, 0.3) is 0 Å². The average Bonchev–Trinajstić information content (AvgIpc) is 3.16. The minimum absolute atomic E-state index is 0.0677. The molecule has 2 N–H and O–H groups in total. The van der Waals surface area contributed by atoms with Crippen LogP contribution in [0.25, 0.3) is 0 Å². The fraction of sp³-hybridized carbons (Fsp3) is 0.647. The molecule has 1 amide bonds. The topological polar surface area (TPSA) is 107 Å². The highest BCUT2D eigenvalue weighted by Gasteiger charge is 2.25. The fourth-order valence-corrected chi connectivity index (χ4v) is 4.99. The minimum Gasteiger partial charge on any atom is -0.481 e. The van der Waals surface area contributed by atoms with Gasteiger partial charge in [0.05, 0.1) is 12.2 Å². The van der Waals surface area contributed by atoms with Gasteiger partial charge in [-0.2, -0.15) is 4.31 Å². The molecule has 1 fully saturated rings. The van der Waals surface area contributed by atoms with Gasteiger partial charge in [-0.25, -0.2) is 8.42 Å². The summed E-state index contributed by atoms with van der Waals surface area (Å²) in [6.45, 7) is 4.99. The molecule has 0 spiro atoms. The number of carbonyl (C=O) groups is 2. The number of carboxylic acid groups (broad SMARTS) is 1. The van der Waals surface area contributed by atoms with Crippen molar-refractivity contribution in [1.29, 1.82) is 0 Å². The Kier molecular flexibility index (Phi) is 8.21. The third kappa shape index (κ3) is 6.87. The summed E-state index contributed by atoms with van der Waals surface area (Å²) < 4.78 is 25.2. The van der Waals surface area contributed by atoms with E-state index in [0.29, 0.717) is 39.3 Å². The Bertz CT molecular complexity index is 713. The Morgan fingerprint density at radius 3 is 2.52 bits per heavy atom. The summed E-state index contributed by atoms with van der Waals surface area (Å²) >= 11 is 1.46. The first-order valence-electron chi connectivity index (χ1n) is 9.04. The molecule has 0 radical (unpaired) electrons. The Labute approximate surface area is 164 Å². The van der Waals surface area contributed by atoms with Crippen molar-refractivity contribution < 1.29 is 23.1 Å². The number of rotatable bonds is 10. The van der Waals surface area contributed by atoms with E-state index in [-0.39, 0.29) is 30.4 Å². The molecular formula is C17H27N3O5S2. The van der Waals surface area contributed by atoms with Crippen molar-refractivity contribution in [3.05, 3.63) is 22.4 Å². The number of nitrogens with one attached hydrogen (secondary N) is 1. The van der Waals surface area contributed by atoms with Gasteiger partial charge in [0.1, 0.15) is 0 Å². The van der Waals surface area contributed by atoms with E-state index in [9.17, 15) is 18.0 Å².